The first-order valence-corrected chi connectivity index (χ1v) is 3.29. The summed E-state index contributed by atoms with van der Waals surface area (Å²) < 4.78 is 12.4. The highest BCUT2D eigenvalue weighted by Crippen LogP contribution is 2.06. The predicted molar refractivity (Wildman–Crippen MR) is 35.7 cm³/mol. The van der Waals surface area contributed by atoms with E-state index in [1.54, 1.807) is 0 Å². The van der Waals surface area contributed by atoms with Crippen LogP contribution in [-0.2, 0) is 0 Å². The van der Waals surface area contributed by atoms with Crippen LogP contribution in [0.25, 0.3) is 0 Å². The molecule has 4 atom stereocenters. The summed E-state index contributed by atoms with van der Waals surface area (Å²) in [6.45, 7) is 0.350. The first kappa shape index (κ1) is 10.8. The van der Waals surface area contributed by atoms with Crippen molar-refractivity contribution in [1.29, 1.82) is 0 Å². The second-order valence-electron chi connectivity index (χ2n) is 2.42. The summed E-state index contributed by atoms with van der Waals surface area (Å²) in [6, 6.07) is 0. The van der Waals surface area contributed by atoms with Crippen molar-refractivity contribution in [3.63, 3.8) is 0 Å². The van der Waals surface area contributed by atoms with Crippen LogP contribution in [0.5, 0.6) is 0 Å². The second-order valence-corrected chi connectivity index (χ2v) is 2.42. The Morgan fingerprint density at radius 2 is 1.64 bits per heavy atom. The molecule has 4 nitrogen and oxygen atoms in total. The summed E-state index contributed by atoms with van der Waals surface area (Å²) in [4.78, 5) is 0. The van der Waals surface area contributed by atoms with E-state index >= 15 is 0 Å². The van der Waals surface area contributed by atoms with Crippen molar-refractivity contribution in [2.75, 3.05) is 6.61 Å². The summed E-state index contributed by atoms with van der Waals surface area (Å²) in [7, 11) is 0. The number of aliphatic hydroxyl groups is 4. The van der Waals surface area contributed by atoms with E-state index in [4.69, 9.17) is 20.4 Å². The molecule has 0 aromatic rings. The molecule has 0 aliphatic carbocycles. The van der Waals surface area contributed by atoms with Crippen LogP contribution in [0.15, 0.2) is 0 Å². The Morgan fingerprint density at radius 3 is 1.91 bits per heavy atom. The molecular weight excluding hydrogens is 155 g/mol. The molecule has 0 aromatic carbocycles. The maximum atomic E-state index is 12.4. The van der Waals surface area contributed by atoms with Crippen molar-refractivity contribution in [2.24, 2.45) is 0 Å². The molecule has 0 saturated heterocycles. The largest absolute Gasteiger partial charge is 0.393 e. The summed E-state index contributed by atoms with van der Waals surface area (Å²) in [6.07, 6.45) is -6.42. The van der Waals surface area contributed by atoms with Gasteiger partial charge in [-0.15, -0.1) is 0 Å². The van der Waals surface area contributed by atoms with Crippen LogP contribution < -0.4 is 0 Å². The zero-order chi connectivity index (χ0) is 9.02. The van der Waals surface area contributed by atoms with Gasteiger partial charge in [-0.2, -0.15) is 0 Å². The van der Waals surface area contributed by atoms with Gasteiger partial charge >= 0.3 is 0 Å². The number of halogens is 1. The van der Waals surface area contributed by atoms with E-state index in [1.165, 1.54) is 6.92 Å². The Balaban J connectivity index is 3.90. The molecule has 0 radical (unpaired) electrons. The minimum atomic E-state index is -1.92. The van der Waals surface area contributed by atoms with Crippen molar-refractivity contribution in [2.45, 2.75) is 31.4 Å². The maximum Gasteiger partial charge on any atom is 0.151 e. The normalized spacial score (nSPS) is 22.4. The molecule has 0 rings (SSSR count). The molecule has 0 bridgehead atoms. The zero-order valence-corrected chi connectivity index (χ0v) is 6.18. The zero-order valence-electron chi connectivity index (χ0n) is 6.18. The van der Waals surface area contributed by atoms with E-state index in [0.717, 1.165) is 0 Å². The van der Waals surface area contributed by atoms with Gasteiger partial charge in [0.1, 0.15) is 12.2 Å². The highest BCUT2D eigenvalue weighted by atomic mass is 19.1. The molecule has 11 heavy (non-hydrogen) atoms. The second kappa shape index (κ2) is 4.61. The van der Waals surface area contributed by atoms with Crippen LogP contribution in [0, 0.1) is 0 Å². The molecule has 0 amide bonds. The lowest BCUT2D eigenvalue weighted by atomic mass is 10.1. The molecule has 4 N–H and O–H groups in total. The van der Waals surface area contributed by atoms with E-state index in [0.29, 0.717) is 0 Å². The van der Waals surface area contributed by atoms with Crippen molar-refractivity contribution in [1.82, 2.24) is 0 Å². The summed E-state index contributed by atoms with van der Waals surface area (Å²) in [5.74, 6) is 0. The van der Waals surface area contributed by atoms with Crippen LogP contribution in [0.2, 0.25) is 0 Å². The van der Waals surface area contributed by atoms with E-state index in [2.05, 4.69) is 0 Å². The van der Waals surface area contributed by atoms with E-state index in [9.17, 15) is 4.39 Å². The first-order valence-electron chi connectivity index (χ1n) is 3.29. The lowest BCUT2D eigenvalue weighted by molar-refractivity contribution is -0.0891. The molecule has 0 aliphatic rings. The molecule has 0 heterocycles. The van der Waals surface area contributed by atoms with Crippen molar-refractivity contribution < 1.29 is 24.8 Å². The van der Waals surface area contributed by atoms with Gasteiger partial charge in [-0.3, -0.25) is 0 Å². The van der Waals surface area contributed by atoms with Gasteiger partial charge in [0.05, 0.1) is 12.7 Å². The van der Waals surface area contributed by atoms with Crippen LogP contribution in [0.4, 0.5) is 4.39 Å². The maximum absolute atomic E-state index is 12.4. The topological polar surface area (TPSA) is 80.9 Å². The molecule has 0 aliphatic heterocycles. The SMILES string of the molecule is C[C@@H](O)[C@@H](O)[C@@H](O)[C@@H](F)CO. The van der Waals surface area contributed by atoms with Gasteiger partial charge in [0, 0.05) is 0 Å². The Bertz CT molecular complexity index is 109. The third-order valence-electron chi connectivity index (χ3n) is 1.39. The van der Waals surface area contributed by atoms with E-state index < -0.39 is 31.1 Å². The van der Waals surface area contributed by atoms with Gasteiger partial charge in [0.15, 0.2) is 6.17 Å². The lowest BCUT2D eigenvalue weighted by Gasteiger charge is -2.21. The van der Waals surface area contributed by atoms with Gasteiger partial charge in [-0.25, -0.2) is 4.39 Å². The molecule has 5 heteroatoms. The molecule has 0 fully saturated rings. The van der Waals surface area contributed by atoms with E-state index in [1.807, 2.05) is 0 Å². The number of rotatable bonds is 4. The molecule has 0 unspecified atom stereocenters. The summed E-state index contributed by atoms with van der Waals surface area (Å²) in [5, 5.41) is 34.5. The van der Waals surface area contributed by atoms with Gasteiger partial charge in [0.25, 0.3) is 0 Å². The van der Waals surface area contributed by atoms with Gasteiger partial charge in [-0.05, 0) is 6.92 Å². The third-order valence-corrected chi connectivity index (χ3v) is 1.39. The average Bonchev–Trinajstić information content (AvgIpc) is 2.00. The van der Waals surface area contributed by atoms with Gasteiger partial charge < -0.3 is 20.4 Å². The highest BCUT2D eigenvalue weighted by molar-refractivity contribution is 4.78. The minimum absolute atomic E-state index is 0.870. The predicted octanol–water partition coefficient (Wildman–Crippen LogP) is -1.58. The van der Waals surface area contributed by atoms with Crippen molar-refractivity contribution in [3.05, 3.63) is 0 Å². The van der Waals surface area contributed by atoms with Gasteiger partial charge in [0.2, 0.25) is 0 Å². The van der Waals surface area contributed by atoms with Crippen molar-refractivity contribution in [3.8, 4) is 0 Å². The molecule has 0 aromatic heterocycles. The Morgan fingerprint density at radius 1 is 1.18 bits per heavy atom. The number of hydrogen-bond acceptors (Lipinski definition) is 4. The van der Waals surface area contributed by atoms with Crippen molar-refractivity contribution >= 4 is 0 Å². The Kier molecular flexibility index (Phi) is 4.51. The van der Waals surface area contributed by atoms with Crippen LogP contribution in [0.1, 0.15) is 6.92 Å². The van der Waals surface area contributed by atoms with E-state index in [-0.39, 0.29) is 0 Å². The smallest absolute Gasteiger partial charge is 0.151 e. The first-order chi connectivity index (χ1) is 5.00. The molecule has 0 spiro atoms. The monoisotopic (exact) mass is 168 g/mol. The highest BCUT2D eigenvalue weighted by Gasteiger charge is 2.28. The molecule has 0 saturated carbocycles. The average molecular weight is 168 g/mol. The standard InChI is InChI=1S/C6H13FO4/c1-3(9)5(10)6(11)4(7)2-8/h3-6,8-11H,2H2,1H3/t3-,4+,5-,6+/m1/s1. The molecular formula is C6H13FO4. The van der Waals surface area contributed by atoms with Crippen LogP contribution in [-0.4, -0.2) is 51.5 Å². The van der Waals surface area contributed by atoms with Crippen LogP contribution in [0.3, 0.4) is 0 Å². The quantitative estimate of drug-likeness (QED) is 0.408. The molecule has 68 valence electrons. The van der Waals surface area contributed by atoms with Crippen LogP contribution >= 0.6 is 0 Å². The minimum Gasteiger partial charge on any atom is -0.393 e. The summed E-state index contributed by atoms with van der Waals surface area (Å²) >= 11 is 0. The summed E-state index contributed by atoms with van der Waals surface area (Å²) in [5.41, 5.74) is 0. The Hall–Kier alpha value is -0.230. The fourth-order valence-corrected chi connectivity index (χ4v) is 0.607. The number of hydrogen-bond donors (Lipinski definition) is 4. The fourth-order valence-electron chi connectivity index (χ4n) is 0.607. The Labute approximate surface area is 63.9 Å². The third kappa shape index (κ3) is 3.11. The fraction of sp³-hybridized carbons (Fsp3) is 1.00. The number of alkyl halides is 1. The lowest BCUT2D eigenvalue weighted by Crippen LogP contribution is -2.42. The van der Waals surface area contributed by atoms with Gasteiger partial charge in [-0.1, -0.05) is 0 Å². The number of aliphatic hydroxyl groups excluding tert-OH is 4.